The zero-order valence-electron chi connectivity index (χ0n) is 19.4. The van der Waals surface area contributed by atoms with Crippen molar-refractivity contribution in [2.24, 2.45) is 0 Å². The van der Waals surface area contributed by atoms with Gasteiger partial charge in [-0.2, -0.15) is 0 Å². The Labute approximate surface area is 209 Å². The second kappa shape index (κ2) is 12.2. The van der Waals surface area contributed by atoms with Crippen LogP contribution >= 0.6 is 0 Å². The van der Waals surface area contributed by atoms with E-state index >= 15 is 0 Å². The van der Waals surface area contributed by atoms with Crippen molar-refractivity contribution in [1.29, 1.82) is 0 Å². The van der Waals surface area contributed by atoms with Crippen LogP contribution in [0.15, 0.2) is 0 Å². The molecule has 4 aliphatic heterocycles. The van der Waals surface area contributed by atoms with E-state index in [9.17, 15) is 51.1 Å². The van der Waals surface area contributed by atoms with E-state index in [0.29, 0.717) is 0 Å². The molecule has 0 unspecified atom stereocenters. The summed E-state index contributed by atoms with van der Waals surface area (Å²) in [6.45, 7) is -1.45. The van der Waals surface area contributed by atoms with Gasteiger partial charge in [-0.25, -0.2) is 0 Å². The van der Waals surface area contributed by atoms with Crippen molar-refractivity contribution in [3.8, 4) is 0 Å². The van der Waals surface area contributed by atoms with E-state index in [0.717, 1.165) is 0 Å². The third-order valence-electron chi connectivity index (χ3n) is 6.68. The molecule has 216 valence electrons. The molecule has 16 atom stereocenters. The topological polar surface area (TPSA) is 267 Å². The van der Waals surface area contributed by atoms with E-state index in [1.807, 2.05) is 0 Å². The van der Waals surface area contributed by atoms with Gasteiger partial charge in [0.2, 0.25) is 0 Å². The van der Waals surface area contributed by atoms with Gasteiger partial charge in [-0.1, -0.05) is 0 Å². The number of rotatable bonds is 6. The van der Waals surface area contributed by atoms with Crippen LogP contribution in [0.5, 0.6) is 0 Å². The molecule has 0 aromatic heterocycles. The van der Waals surface area contributed by atoms with Crippen molar-refractivity contribution in [2.45, 2.75) is 98.4 Å². The van der Waals surface area contributed by atoms with Crippen LogP contribution in [0.25, 0.3) is 0 Å². The maximum atomic E-state index is 10.5. The van der Waals surface area contributed by atoms with Crippen LogP contribution in [0.2, 0.25) is 0 Å². The van der Waals surface area contributed by atoms with Crippen molar-refractivity contribution in [1.82, 2.24) is 0 Å². The highest BCUT2D eigenvalue weighted by atomic mass is 16.8. The minimum Gasteiger partial charge on any atom is -0.388 e. The molecule has 10 N–H and O–H groups in total. The molecular weight excluding hydrogens is 512 g/mol. The molecule has 17 nitrogen and oxygen atoms in total. The molecule has 37 heavy (non-hydrogen) atoms. The quantitative estimate of drug-likeness (QED) is 0.148. The normalized spacial score (nSPS) is 53.7. The lowest BCUT2D eigenvalue weighted by molar-refractivity contribution is -0.361. The number of aliphatic hydroxyl groups excluding tert-OH is 10. The van der Waals surface area contributed by atoms with Crippen LogP contribution in [-0.2, 0) is 33.2 Å². The number of hydrogen-bond donors (Lipinski definition) is 10. The molecule has 4 rings (SSSR count). The average molecular weight is 546 g/mol. The van der Waals surface area contributed by atoms with Crippen LogP contribution in [0.4, 0.5) is 0 Å². The van der Waals surface area contributed by atoms with E-state index in [1.54, 1.807) is 0 Å². The van der Waals surface area contributed by atoms with Crippen LogP contribution in [0.1, 0.15) is 0 Å². The van der Waals surface area contributed by atoms with Gasteiger partial charge >= 0.3 is 0 Å². The molecule has 0 saturated carbocycles. The zero-order valence-corrected chi connectivity index (χ0v) is 19.4. The van der Waals surface area contributed by atoms with Gasteiger partial charge in [0.05, 0.1) is 26.4 Å². The molecule has 4 fully saturated rings. The Balaban J connectivity index is 1.28. The van der Waals surface area contributed by atoms with E-state index in [2.05, 4.69) is 0 Å². The molecule has 4 heterocycles. The molecule has 17 heteroatoms. The lowest BCUT2D eigenvalue weighted by Crippen LogP contribution is -2.62. The lowest BCUT2D eigenvalue weighted by Gasteiger charge is -2.44. The van der Waals surface area contributed by atoms with Crippen molar-refractivity contribution in [2.75, 3.05) is 26.4 Å². The summed E-state index contributed by atoms with van der Waals surface area (Å²) < 4.78 is 36.9. The summed E-state index contributed by atoms with van der Waals surface area (Å²) in [6.07, 6.45) is -24.3. The highest BCUT2D eigenvalue weighted by molar-refractivity contribution is 4.91. The van der Waals surface area contributed by atoms with Gasteiger partial charge in [0.15, 0.2) is 25.2 Å². The third-order valence-corrected chi connectivity index (χ3v) is 6.68. The van der Waals surface area contributed by atoms with Crippen LogP contribution < -0.4 is 0 Å². The summed E-state index contributed by atoms with van der Waals surface area (Å²) in [6, 6.07) is 0. The number of ether oxygens (including phenoxy) is 7. The maximum absolute atomic E-state index is 10.5. The SMILES string of the molecule is O[C@@H]1[C@@H](O)[C@H](O[C@@H]2CO[C@@H](O[C@@H]3CO[C@@H](O[C@@H]4[C@@H](O)[C@H](O)CO[C@H]4O)[C@H](O)[C@H]3O)[C@H](O)[C@H]2O)OC[C@H]1O. The van der Waals surface area contributed by atoms with Gasteiger partial charge in [-0.05, 0) is 0 Å². The molecular formula is C20H34O17. The summed E-state index contributed by atoms with van der Waals surface area (Å²) in [7, 11) is 0. The Morgan fingerprint density at radius 2 is 0.811 bits per heavy atom. The van der Waals surface area contributed by atoms with E-state index in [1.165, 1.54) is 0 Å². The van der Waals surface area contributed by atoms with Gasteiger partial charge in [0.25, 0.3) is 0 Å². The van der Waals surface area contributed by atoms with Crippen molar-refractivity contribution in [3.05, 3.63) is 0 Å². The zero-order chi connectivity index (χ0) is 27.0. The molecule has 0 amide bonds. The van der Waals surface area contributed by atoms with Crippen molar-refractivity contribution in [3.63, 3.8) is 0 Å². The minimum atomic E-state index is -1.76. The summed E-state index contributed by atoms with van der Waals surface area (Å²) >= 11 is 0. The predicted octanol–water partition coefficient (Wildman–Crippen LogP) is -7.19. The molecule has 0 aliphatic carbocycles. The second-order valence-electron chi connectivity index (χ2n) is 9.35. The second-order valence-corrected chi connectivity index (χ2v) is 9.35. The first-order valence-corrected chi connectivity index (χ1v) is 11.7. The van der Waals surface area contributed by atoms with Gasteiger partial charge in [0, 0.05) is 0 Å². The Hall–Kier alpha value is -0.680. The van der Waals surface area contributed by atoms with Gasteiger partial charge in [0.1, 0.15) is 73.2 Å². The maximum Gasteiger partial charge on any atom is 0.186 e. The fourth-order valence-electron chi connectivity index (χ4n) is 4.34. The monoisotopic (exact) mass is 546 g/mol. The fourth-order valence-corrected chi connectivity index (χ4v) is 4.34. The molecule has 4 aliphatic rings. The lowest BCUT2D eigenvalue weighted by atomic mass is 10.0. The smallest absolute Gasteiger partial charge is 0.186 e. The molecule has 4 saturated heterocycles. The first kappa shape index (κ1) is 29.3. The predicted molar refractivity (Wildman–Crippen MR) is 110 cm³/mol. The van der Waals surface area contributed by atoms with Crippen molar-refractivity contribution >= 4 is 0 Å². The largest absolute Gasteiger partial charge is 0.388 e. The Morgan fingerprint density at radius 3 is 1.35 bits per heavy atom. The van der Waals surface area contributed by atoms with E-state index in [4.69, 9.17) is 33.2 Å². The molecule has 0 bridgehead atoms. The van der Waals surface area contributed by atoms with Gasteiger partial charge < -0.3 is 84.2 Å². The van der Waals surface area contributed by atoms with Crippen molar-refractivity contribution < 1.29 is 84.2 Å². The molecule has 0 aromatic carbocycles. The van der Waals surface area contributed by atoms with E-state index in [-0.39, 0.29) is 19.8 Å². The summed E-state index contributed by atoms with van der Waals surface area (Å²) in [5.74, 6) is 0. The fraction of sp³-hybridized carbons (Fsp3) is 1.00. The highest BCUT2D eigenvalue weighted by Crippen LogP contribution is 2.28. The van der Waals surface area contributed by atoms with Crippen LogP contribution in [-0.4, -0.2) is 176 Å². The van der Waals surface area contributed by atoms with Crippen LogP contribution in [0.3, 0.4) is 0 Å². The van der Waals surface area contributed by atoms with Gasteiger partial charge in [-0.3, -0.25) is 0 Å². The van der Waals surface area contributed by atoms with E-state index < -0.39 is 105 Å². The Kier molecular flexibility index (Phi) is 9.69. The Morgan fingerprint density at radius 1 is 0.405 bits per heavy atom. The third kappa shape index (κ3) is 6.23. The summed E-state index contributed by atoms with van der Waals surface area (Å²) in [4.78, 5) is 0. The highest BCUT2D eigenvalue weighted by Gasteiger charge is 2.49. The van der Waals surface area contributed by atoms with Crippen LogP contribution in [0, 0.1) is 0 Å². The number of hydrogen-bond acceptors (Lipinski definition) is 17. The van der Waals surface area contributed by atoms with Gasteiger partial charge in [-0.15, -0.1) is 0 Å². The first-order chi connectivity index (χ1) is 17.5. The molecule has 0 radical (unpaired) electrons. The molecule has 0 aromatic rings. The Bertz CT molecular complexity index is 731. The summed E-state index contributed by atoms with van der Waals surface area (Å²) in [5, 5.41) is 101. The summed E-state index contributed by atoms with van der Waals surface area (Å²) in [5.41, 5.74) is 0. The average Bonchev–Trinajstić information content (AvgIpc) is 2.87. The molecule has 0 spiro atoms. The number of aliphatic hydroxyl groups is 10. The standard InChI is InChI=1S/C20H34O17/c21-5-2-32-18(13(27)9(5)23)35-7-3-33-19(14(28)11(7)25)36-8-4-34-20(15(29)12(8)26)37-16-10(24)6(22)1-31-17(16)30/h5-30H,1-4H2/t5-,6-,7-,8-,9+,10+,11+,12+,13-,14-,15-,16-,17-,18+,19+,20+/m1/s1. The minimum absolute atomic E-state index is 0.334. The first-order valence-electron chi connectivity index (χ1n) is 11.7.